The number of rotatable bonds is 4. The predicted molar refractivity (Wildman–Crippen MR) is 78.7 cm³/mol. The van der Waals surface area contributed by atoms with Gasteiger partial charge in [0.2, 0.25) is 11.8 Å². The maximum Gasteiger partial charge on any atom is 0.247 e. The Morgan fingerprint density at radius 1 is 1.26 bits per heavy atom. The van der Waals surface area contributed by atoms with Crippen molar-refractivity contribution in [1.29, 1.82) is 0 Å². The van der Waals surface area contributed by atoms with E-state index >= 15 is 0 Å². The molecule has 23 heavy (non-hydrogen) atoms. The van der Waals surface area contributed by atoms with Gasteiger partial charge in [0.25, 0.3) is 0 Å². The lowest BCUT2D eigenvalue weighted by molar-refractivity contribution is 0.342. The average molecular weight is 314 g/mol. The maximum atomic E-state index is 12.9. The van der Waals surface area contributed by atoms with Gasteiger partial charge in [-0.05, 0) is 30.7 Å². The van der Waals surface area contributed by atoms with E-state index in [-0.39, 0.29) is 5.82 Å². The van der Waals surface area contributed by atoms with Crippen LogP contribution in [-0.2, 0) is 19.5 Å². The normalized spacial score (nSPS) is 17.2. The Labute approximate surface area is 131 Å². The second-order valence-electron chi connectivity index (χ2n) is 5.48. The van der Waals surface area contributed by atoms with E-state index in [4.69, 9.17) is 4.42 Å². The minimum absolute atomic E-state index is 0.292. The van der Waals surface area contributed by atoms with Gasteiger partial charge in [-0.15, -0.1) is 10.2 Å². The summed E-state index contributed by atoms with van der Waals surface area (Å²) in [6.45, 7) is 1.27. The third-order valence-corrected chi connectivity index (χ3v) is 3.91. The summed E-state index contributed by atoms with van der Waals surface area (Å²) < 4.78 is 20.5. The van der Waals surface area contributed by atoms with Gasteiger partial charge in [0.15, 0.2) is 0 Å². The van der Waals surface area contributed by atoms with E-state index in [2.05, 4.69) is 25.6 Å². The summed E-state index contributed by atoms with van der Waals surface area (Å²) >= 11 is 0. The Balaban J connectivity index is 1.38. The third-order valence-electron chi connectivity index (χ3n) is 3.91. The summed E-state index contributed by atoms with van der Waals surface area (Å²) in [6.07, 6.45) is 3.49. The van der Waals surface area contributed by atoms with Crippen LogP contribution in [0.5, 0.6) is 0 Å². The zero-order valence-electron chi connectivity index (χ0n) is 12.3. The van der Waals surface area contributed by atoms with Gasteiger partial charge in [-0.2, -0.15) is 5.10 Å². The Bertz CT molecular complexity index is 796. The molecule has 3 heterocycles. The number of halogens is 1. The lowest BCUT2D eigenvalue weighted by Gasteiger charge is -2.22. The topological polar surface area (TPSA) is 81.7 Å². The molecule has 0 saturated carbocycles. The molecule has 1 N–H and O–H groups in total. The van der Waals surface area contributed by atoms with E-state index < -0.39 is 0 Å². The molecule has 1 aromatic carbocycles. The van der Waals surface area contributed by atoms with Gasteiger partial charge in [-0.1, -0.05) is 0 Å². The third kappa shape index (κ3) is 2.98. The van der Waals surface area contributed by atoms with Crippen molar-refractivity contribution in [2.45, 2.75) is 32.0 Å². The van der Waals surface area contributed by atoms with E-state index in [0.29, 0.717) is 29.9 Å². The van der Waals surface area contributed by atoms with Crippen LogP contribution in [0.15, 0.2) is 35.0 Å². The van der Waals surface area contributed by atoms with Crippen LogP contribution in [0.1, 0.15) is 18.1 Å². The SMILES string of the molecule is Fc1ccc(-c2nnc(CNC3CCc4ncnn4C3)o2)cc1. The second kappa shape index (κ2) is 5.88. The highest BCUT2D eigenvalue weighted by atomic mass is 19.1. The summed E-state index contributed by atoms with van der Waals surface area (Å²) in [4.78, 5) is 4.21. The molecule has 0 radical (unpaired) electrons. The molecular weight excluding hydrogens is 299 g/mol. The van der Waals surface area contributed by atoms with Crippen molar-refractivity contribution in [1.82, 2.24) is 30.3 Å². The van der Waals surface area contributed by atoms with Gasteiger partial charge < -0.3 is 9.73 Å². The number of nitrogens with one attached hydrogen (secondary N) is 1. The molecule has 118 valence electrons. The van der Waals surface area contributed by atoms with E-state index in [1.165, 1.54) is 12.1 Å². The van der Waals surface area contributed by atoms with Gasteiger partial charge >= 0.3 is 0 Å². The minimum Gasteiger partial charge on any atom is -0.419 e. The number of aromatic nitrogens is 5. The van der Waals surface area contributed by atoms with Crippen LogP contribution in [0.4, 0.5) is 4.39 Å². The van der Waals surface area contributed by atoms with Gasteiger partial charge in [0.05, 0.1) is 13.1 Å². The monoisotopic (exact) mass is 314 g/mol. The molecule has 0 fully saturated rings. The Morgan fingerprint density at radius 3 is 3.00 bits per heavy atom. The first-order valence-corrected chi connectivity index (χ1v) is 7.46. The fraction of sp³-hybridized carbons (Fsp3) is 0.333. The van der Waals surface area contributed by atoms with Crippen LogP contribution in [0.3, 0.4) is 0 Å². The average Bonchev–Trinajstić information content (AvgIpc) is 3.22. The molecule has 1 aliphatic rings. The molecule has 8 heteroatoms. The van der Waals surface area contributed by atoms with Crippen LogP contribution < -0.4 is 5.32 Å². The fourth-order valence-electron chi connectivity index (χ4n) is 2.67. The number of nitrogens with zero attached hydrogens (tertiary/aromatic N) is 5. The molecule has 2 aromatic heterocycles. The maximum absolute atomic E-state index is 12.9. The van der Waals surface area contributed by atoms with Crippen LogP contribution in [0, 0.1) is 5.82 Å². The van der Waals surface area contributed by atoms with Crippen molar-refractivity contribution in [3.05, 3.63) is 48.1 Å². The van der Waals surface area contributed by atoms with E-state index in [1.54, 1.807) is 18.5 Å². The molecule has 4 rings (SSSR count). The fourth-order valence-corrected chi connectivity index (χ4v) is 2.67. The first-order chi connectivity index (χ1) is 11.3. The van der Waals surface area contributed by atoms with Crippen molar-refractivity contribution >= 4 is 0 Å². The summed E-state index contributed by atoms with van der Waals surface area (Å²) in [7, 11) is 0. The number of hydrogen-bond donors (Lipinski definition) is 1. The summed E-state index contributed by atoms with van der Waals surface area (Å²) in [6, 6.07) is 6.27. The quantitative estimate of drug-likeness (QED) is 0.787. The number of benzene rings is 1. The van der Waals surface area contributed by atoms with Crippen LogP contribution in [-0.4, -0.2) is 31.0 Å². The van der Waals surface area contributed by atoms with E-state index in [0.717, 1.165) is 25.2 Å². The number of hydrogen-bond acceptors (Lipinski definition) is 6. The summed E-state index contributed by atoms with van der Waals surface area (Å²) in [5.41, 5.74) is 0.704. The number of fused-ring (bicyclic) bond motifs is 1. The van der Waals surface area contributed by atoms with Crippen LogP contribution in [0.2, 0.25) is 0 Å². The summed E-state index contributed by atoms with van der Waals surface area (Å²) in [5, 5.41) is 15.6. The lowest BCUT2D eigenvalue weighted by Crippen LogP contribution is -2.37. The molecule has 7 nitrogen and oxygen atoms in total. The molecule has 1 unspecified atom stereocenters. The van der Waals surface area contributed by atoms with Crippen molar-refractivity contribution in [3.63, 3.8) is 0 Å². The highest BCUT2D eigenvalue weighted by Gasteiger charge is 2.20. The van der Waals surface area contributed by atoms with E-state index in [1.807, 2.05) is 4.68 Å². The number of aryl methyl sites for hydroxylation is 1. The molecule has 0 spiro atoms. The van der Waals surface area contributed by atoms with Gasteiger partial charge in [-0.3, -0.25) is 0 Å². The minimum atomic E-state index is -0.292. The molecule has 0 aliphatic carbocycles. The summed E-state index contributed by atoms with van der Waals surface area (Å²) in [5.74, 6) is 1.64. The largest absolute Gasteiger partial charge is 0.419 e. The highest BCUT2D eigenvalue weighted by Crippen LogP contribution is 2.18. The van der Waals surface area contributed by atoms with Crippen molar-refractivity contribution < 1.29 is 8.81 Å². The molecule has 1 aliphatic heterocycles. The molecule has 0 bridgehead atoms. The Hall–Kier alpha value is -2.61. The van der Waals surface area contributed by atoms with Crippen LogP contribution in [0.25, 0.3) is 11.5 Å². The zero-order valence-corrected chi connectivity index (χ0v) is 12.3. The highest BCUT2D eigenvalue weighted by molar-refractivity contribution is 5.51. The Morgan fingerprint density at radius 2 is 2.13 bits per heavy atom. The van der Waals surface area contributed by atoms with Gasteiger partial charge in [0.1, 0.15) is 18.0 Å². The second-order valence-corrected chi connectivity index (χ2v) is 5.48. The first-order valence-electron chi connectivity index (χ1n) is 7.46. The lowest BCUT2D eigenvalue weighted by atomic mass is 10.1. The first kappa shape index (κ1) is 14.0. The zero-order chi connectivity index (χ0) is 15.6. The predicted octanol–water partition coefficient (Wildman–Crippen LogP) is 1.57. The molecular formula is C15H15FN6O. The van der Waals surface area contributed by atoms with Crippen LogP contribution >= 0.6 is 0 Å². The molecule has 1 atom stereocenters. The Kier molecular flexibility index (Phi) is 3.58. The van der Waals surface area contributed by atoms with Gasteiger partial charge in [-0.25, -0.2) is 14.1 Å². The smallest absolute Gasteiger partial charge is 0.247 e. The van der Waals surface area contributed by atoms with Crippen molar-refractivity contribution in [3.8, 4) is 11.5 Å². The molecule has 0 saturated heterocycles. The van der Waals surface area contributed by atoms with Crippen molar-refractivity contribution in [2.75, 3.05) is 0 Å². The molecule has 0 amide bonds. The van der Waals surface area contributed by atoms with E-state index in [9.17, 15) is 4.39 Å². The van der Waals surface area contributed by atoms with Crippen molar-refractivity contribution in [2.24, 2.45) is 0 Å². The molecule has 3 aromatic rings. The van der Waals surface area contributed by atoms with Gasteiger partial charge in [0, 0.05) is 18.0 Å². The standard InChI is InChI=1S/C15H15FN6O/c16-11-3-1-10(2-4-11)15-21-20-14(23-15)7-17-12-5-6-13-18-9-19-22(13)8-12/h1-4,9,12,17H,5-8H2.